The van der Waals surface area contributed by atoms with E-state index in [0.717, 1.165) is 39.1 Å². The molecule has 1 atom stereocenters. The summed E-state index contributed by atoms with van der Waals surface area (Å²) in [6.45, 7) is 15.8. The highest BCUT2D eigenvalue weighted by Crippen LogP contribution is 2.29. The number of aliphatic hydroxyl groups is 1. The highest BCUT2D eigenvalue weighted by Gasteiger charge is 2.33. The molecule has 0 aromatic rings. The quantitative estimate of drug-likeness (QED) is 0.750. The van der Waals surface area contributed by atoms with Gasteiger partial charge in [-0.25, -0.2) is 0 Å². The summed E-state index contributed by atoms with van der Waals surface area (Å²) in [5.41, 5.74) is 0.426. The average Bonchev–Trinajstić information content (AvgIpc) is 2.43. The van der Waals surface area contributed by atoms with Crippen molar-refractivity contribution in [1.29, 1.82) is 0 Å². The second-order valence-electron chi connectivity index (χ2n) is 7.19. The van der Waals surface area contributed by atoms with E-state index in [-0.39, 0.29) is 23.6 Å². The number of morpholine rings is 1. The minimum atomic E-state index is 0.150. The third-order valence-corrected chi connectivity index (χ3v) is 4.59. The zero-order chi connectivity index (χ0) is 15.2. The summed E-state index contributed by atoms with van der Waals surface area (Å²) in [7, 11) is 0. The molecular weight excluding hydrogens is 252 g/mol. The third-order valence-electron chi connectivity index (χ3n) is 4.59. The van der Waals surface area contributed by atoms with Gasteiger partial charge in [-0.1, -0.05) is 13.8 Å². The molecule has 0 amide bonds. The van der Waals surface area contributed by atoms with Crippen molar-refractivity contribution in [3.8, 4) is 0 Å². The van der Waals surface area contributed by atoms with Crippen LogP contribution in [0.3, 0.4) is 0 Å². The Morgan fingerprint density at radius 1 is 1.25 bits per heavy atom. The summed E-state index contributed by atoms with van der Waals surface area (Å²) in [6, 6.07) is 0.163. The van der Waals surface area contributed by atoms with Gasteiger partial charge in [0.05, 0.1) is 25.9 Å². The summed E-state index contributed by atoms with van der Waals surface area (Å²) >= 11 is 0. The van der Waals surface area contributed by atoms with Gasteiger partial charge in [-0.15, -0.1) is 0 Å². The lowest BCUT2D eigenvalue weighted by Gasteiger charge is -2.43. The Morgan fingerprint density at radius 2 is 1.90 bits per heavy atom. The lowest BCUT2D eigenvalue weighted by Crippen LogP contribution is -2.54. The van der Waals surface area contributed by atoms with Crippen LogP contribution in [-0.2, 0) is 4.74 Å². The van der Waals surface area contributed by atoms with E-state index in [0.29, 0.717) is 6.61 Å². The van der Waals surface area contributed by atoms with Gasteiger partial charge in [-0.3, -0.25) is 4.90 Å². The number of nitrogens with zero attached hydrogens (tertiary/aromatic N) is 1. The normalized spacial score (nSPS) is 22.2. The van der Waals surface area contributed by atoms with Gasteiger partial charge >= 0.3 is 0 Å². The average molecular weight is 286 g/mol. The number of aliphatic hydroxyl groups excluding tert-OH is 1. The van der Waals surface area contributed by atoms with Crippen LogP contribution in [0.2, 0.25) is 0 Å². The van der Waals surface area contributed by atoms with Crippen molar-refractivity contribution in [2.45, 2.75) is 59.0 Å². The van der Waals surface area contributed by atoms with E-state index < -0.39 is 0 Å². The summed E-state index contributed by atoms with van der Waals surface area (Å²) < 4.78 is 5.48. The van der Waals surface area contributed by atoms with Crippen molar-refractivity contribution in [3.63, 3.8) is 0 Å². The fourth-order valence-corrected chi connectivity index (χ4v) is 2.73. The molecule has 20 heavy (non-hydrogen) atoms. The van der Waals surface area contributed by atoms with Crippen molar-refractivity contribution in [3.05, 3.63) is 0 Å². The predicted molar refractivity (Wildman–Crippen MR) is 84.0 cm³/mol. The number of hydrogen-bond acceptors (Lipinski definition) is 4. The number of hydrogen-bond donors (Lipinski definition) is 2. The zero-order valence-electron chi connectivity index (χ0n) is 14.0. The highest BCUT2D eigenvalue weighted by atomic mass is 16.5. The second-order valence-corrected chi connectivity index (χ2v) is 7.19. The van der Waals surface area contributed by atoms with Gasteiger partial charge in [-0.05, 0) is 39.0 Å². The Hall–Kier alpha value is -0.160. The molecule has 4 heteroatoms. The van der Waals surface area contributed by atoms with Crippen LogP contribution in [0, 0.1) is 5.41 Å². The maximum Gasteiger partial charge on any atom is 0.0644 e. The van der Waals surface area contributed by atoms with Crippen molar-refractivity contribution in [2.75, 3.05) is 39.5 Å². The maximum absolute atomic E-state index is 9.53. The second kappa shape index (κ2) is 7.74. The van der Waals surface area contributed by atoms with Crippen LogP contribution in [0.25, 0.3) is 0 Å². The van der Waals surface area contributed by atoms with E-state index >= 15 is 0 Å². The van der Waals surface area contributed by atoms with Gasteiger partial charge < -0.3 is 15.2 Å². The molecule has 1 saturated heterocycles. The SMILES string of the molecule is CCC(CC)(CNC(C)(C)C)CN1CCOCC1CO. The van der Waals surface area contributed by atoms with Crippen molar-refractivity contribution < 1.29 is 9.84 Å². The van der Waals surface area contributed by atoms with E-state index in [1.807, 2.05) is 0 Å². The van der Waals surface area contributed by atoms with Crippen LogP contribution in [0.1, 0.15) is 47.5 Å². The summed E-state index contributed by atoms with van der Waals surface area (Å²) in [6.07, 6.45) is 2.31. The maximum atomic E-state index is 9.53. The lowest BCUT2D eigenvalue weighted by atomic mass is 9.80. The van der Waals surface area contributed by atoms with Crippen molar-refractivity contribution in [2.24, 2.45) is 5.41 Å². The summed E-state index contributed by atoms with van der Waals surface area (Å²) in [5, 5.41) is 13.2. The van der Waals surface area contributed by atoms with Gasteiger partial charge in [0.2, 0.25) is 0 Å². The highest BCUT2D eigenvalue weighted by molar-refractivity contribution is 4.88. The molecule has 4 nitrogen and oxygen atoms in total. The molecule has 0 radical (unpaired) electrons. The molecule has 1 unspecified atom stereocenters. The first kappa shape index (κ1) is 17.9. The van der Waals surface area contributed by atoms with E-state index in [1.54, 1.807) is 0 Å². The standard InChI is InChI=1S/C16H34N2O2/c1-6-16(7-2,12-17-15(3,4)5)13-18-8-9-20-11-14(18)10-19/h14,17,19H,6-13H2,1-5H3. The zero-order valence-corrected chi connectivity index (χ0v) is 14.0. The predicted octanol–water partition coefficient (Wildman–Crippen LogP) is 1.87. The third kappa shape index (κ3) is 5.32. The summed E-state index contributed by atoms with van der Waals surface area (Å²) in [5.74, 6) is 0. The Labute approximate surface area is 124 Å². The lowest BCUT2D eigenvalue weighted by molar-refractivity contribution is -0.0464. The van der Waals surface area contributed by atoms with E-state index in [2.05, 4.69) is 44.8 Å². The largest absolute Gasteiger partial charge is 0.395 e. The molecule has 0 spiro atoms. The first-order chi connectivity index (χ1) is 9.36. The molecular formula is C16H34N2O2. The van der Waals surface area contributed by atoms with E-state index in [9.17, 15) is 5.11 Å². The molecule has 1 aliphatic rings. The van der Waals surface area contributed by atoms with E-state index in [1.165, 1.54) is 0 Å². The Bertz CT molecular complexity index is 272. The monoisotopic (exact) mass is 286 g/mol. The van der Waals surface area contributed by atoms with Crippen molar-refractivity contribution in [1.82, 2.24) is 10.2 Å². The topological polar surface area (TPSA) is 44.7 Å². The fourth-order valence-electron chi connectivity index (χ4n) is 2.73. The molecule has 1 fully saturated rings. The molecule has 120 valence electrons. The molecule has 0 aliphatic carbocycles. The van der Waals surface area contributed by atoms with E-state index in [4.69, 9.17) is 4.74 Å². The van der Waals surface area contributed by atoms with Crippen LogP contribution < -0.4 is 5.32 Å². The first-order valence-electron chi connectivity index (χ1n) is 8.03. The molecule has 2 N–H and O–H groups in total. The number of rotatable bonds is 7. The minimum Gasteiger partial charge on any atom is -0.395 e. The van der Waals surface area contributed by atoms with Gasteiger partial charge in [0.15, 0.2) is 0 Å². The number of nitrogens with one attached hydrogen (secondary N) is 1. The smallest absolute Gasteiger partial charge is 0.0644 e. The number of ether oxygens (including phenoxy) is 1. The molecule has 0 aromatic carbocycles. The van der Waals surface area contributed by atoms with Crippen molar-refractivity contribution >= 4 is 0 Å². The molecule has 0 saturated carbocycles. The molecule has 1 rings (SSSR count). The van der Waals surface area contributed by atoms with Crippen LogP contribution in [0.4, 0.5) is 0 Å². The van der Waals surface area contributed by atoms with Crippen LogP contribution in [-0.4, -0.2) is 61.0 Å². The van der Waals surface area contributed by atoms with Crippen LogP contribution in [0.15, 0.2) is 0 Å². The molecule has 1 heterocycles. The molecule has 0 aromatic heterocycles. The molecule has 0 bridgehead atoms. The Kier molecular flexibility index (Phi) is 6.92. The Balaban J connectivity index is 2.68. The van der Waals surface area contributed by atoms with Gasteiger partial charge in [0, 0.05) is 25.2 Å². The van der Waals surface area contributed by atoms with Crippen LogP contribution >= 0.6 is 0 Å². The minimum absolute atomic E-state index is 0.150. The first-order valence-corrected chi connectivity index (χ1v) is 8.03. The van der Waals surface area contributed by atoms with Gasteiger partial charge in [0.1, 0.15) is 0 Å². The fraction of sp³-hybridized carbons (Fsp3) is 1.00. The van der Waals surface area contributed by atoms with Gasteiger partial charge in [0.25, 0.3) is 0 Å². The van der Waals surface area contributed by atoms with Crippen LogP contribution in [0.5, 0.6) is 0 Å². The summed E-state index contributed by atoms with van der Waals surface area (Å²) in [4.78, 5) is 2.42. The van der Waals surface area contributed by atoms with Gasteiger partial charge in [-0.2, -0.15) is 0 Å². The Morgan fingerprint density at radius 3 is 2.40 bits per heavy atom. The molecule has 1 aliphatic heterocycles.